The fourth-order valence-electron chi connectivity index (χ4n) is 1.42. The highest BCUT2D eigenvalue weighted by molar-refractivity contribution is 5.75. The second-order valence-corrected chi connectivity index (χ2v) is 3.58. The van der Waals surface area contributed by atoms with Crippen LogP contribution in [0.3, 0.4) is 0 Å². The molecule has 1 rings (SSSR count). The highest BCUT2D eigenvalue weighted by atomic mass is 19.1. The number of carbonyl (C=O) groups is 1. The minimum absolute atomic E-state index is 0.0255. The molecule has 4 nitrogen and oxygen atoms in total. The summed E-state index contributed by atoms with van der Waals surface area (Å²) in [5, 5.41) is 21.6. The Balaban J connectivity index is 3.05. The number of likely N-dealkylation sites (N-methyl/N-ethyl adjacent to an activating group) is 1. The Morgan fingerprint density at radius 1 is 1.35 bits per heavy atom. The quantitative estimate of drug-likeness (QED) is 0.656. The van der Waals surface area contributed by atoms with Crippen molar-refractivity contribution in [1.29, 1.82) is 0 Å². The average Bonchev–Trinajstić information content (AvgIpc) is 2.31. The van der Waals surface area contributed by atoms with E-state index in [4.69, 9.17) is 0 Å². The standard InChI is InChI=1S/C11H13F2NO3/c1-14-4-10(16)11(17)7-3-8(12)6(5-15)2-9(7)13/h2-3,5,10-11,14,16-17H,4H2,1H3. The third-order valence-electron chi connectivity index (χ3n) is 2.34. The van der Waals surface area contributed by atoms with Crippen molar-refractivity contribution >= 4 is 6.29 Å². The third-order valence-corrected chi connectivity index (χ3v) is 2.34. The van der Waals surface area contributed by atoms with E-state index in [0.717, 1.165) is 0 Å². The SMILES string of the molecule is CNCC(O)C(O)c1cc(F)c(C=O)cc1F. The summed E-state index contributed by atoms with van der Waals surface area (Å²) >= 11 is 0. The van der Waals surface area contributed by atoms with Gasteiger partial charge in [0.2, 0.25) is 0 Å². The molecule has 0 aliphatic rings. The summed E-state index contributed by atoms with van der Waals surface area (Å²) in [4.78, 5) is 10.4. The molecule has 0 aliphatic carbocycles. The average molecular weight is 245 g/mol. The molecule has 0 radical (unpaired) electrons. The molecule has 1 aromatic rings. The summed E-state index contributed by atoms with van der Waals surface area (Å²) < 4.78 is 26.7. The second-order valence-electron chi connectivity index (χ2n) is 3.58. The molecule has 1 aromatic carbocycles. The molecule has 0 saturated heterocycles. The van der Waals surface area contributed by atoms with Crippen molar-refractivity contribution < 1.29 is 23.8 Å². The highest BCUT2D eigenvalue weighted by Gasteiger charge is 2.22. The molecule has 2 unspecified atom stereocenters. The van der Waals surface area contributed by atoms with Crippen LogP contribution < -0.4 is 5.32 Å². The molecule has 0 aliphatic heterocycles. The van der Waals surface area contributed by atoms with E-state index in [1.54, 1.807) is 7.05 Å². The van der Waals surface area contributed by atoms with Gasteiger partial charge in [-0.15, -0.1) is 0 Å². The number of halogens is 2. The zero-order valence-electron chi connectivity index (χ0n) is 9.15. The van der Waals surface area contributed by atoms with Gasteiger partial charge in [-0.1, -0.05) is 0 Å². The Bertz CT molecular complexity index is 412. The van der Waals surface area contributed by atoms with Crippen molar-refractivity contribution in [3.8, 4) is 0 Å². The maximum Gasteiger partial charge on any atom is 0.153 e. The van der Waals surface area contributed by atoms with E-state index in [1.165, 1.54) is 0 Å². The summed E-state index contributed by atoms with van der Waals surface area (Å²) in [6.45, 7) is 0.0255. The molecule has 0 fully saturated rings. The van der Waals surface area contributed by atoms with Crippen LogP contribution in [0.15, 0.2) is 12.1 Å². The predicted molar refractivity (Wildman–Crippen MR) is 56.6 cm³/mol. The lowest BCUT2D eigenvalue weighted by Gasteiger charge is -2.18. The van der Waals surface area contributed by atoms with Gasteiger partial charge in [-0.2, -0.15) is 0 Å². The normalized spacial score (nSPS) is 14.4. The summed E-state index contributed by atoms with van der Waals surface area (Å²) in [5.74, 6) is -1.87. The first kappa shape index (κ1) is 13.7. The van der Waals surface area contributed by atoms with E-state index >= 15 is 0 Å². The molecule has 0 saturated carbocycles. The second kappa shape index (κ2) is 5.81. The van der Waals surface area contributed by atoms with Gasteiger partial charge in [0.25, 0.3) is 0 Å². The van der Waals surface area contributed by atoms with Gasteiger partial charge in [0.05, 0.1) is 11.7 Å². The van der Waals surface area contributed by atoms with Gasteiger partial charge in [-0.05, 0) is 19.2 Å². The number of aliphatic hydroxyl groups is 2. The number of carbonyl (C=O) groups excluding carboxylic acids is 1. The van der Waals surface area contributed by atoms with Crippen LogP contribution >= 0.6 is 0 Å². The molecule has 0 bridgehead atoms. The summed E-state index contributed by atoms with van der Waals surface area (Å²) in [6.07, 6.45) is -2.65. The Labute approximate surface area is 96.9 Å². The predicted octanol–water partition coefficient (Wildman–Crippen LogP) is 0.391. The Morgan fingerprint density at radius 2 is 2.00 bits per heavy atom. The van der Waals surface area contributed by atoms with Crippen molar-refractivity contribution in [2.45, 2.75) is 12.2 Å². The van der Waals surface area contributed by atoms with E-state index in [9.17, 15) is 23.8 Å². The third kappa shape index (κ3) is 3.06. The Hall–Kier alpha value is -1.37. The van der Waals surface area contributed by atoms with Crippen molar-refractivity contribution in [3.63, 3.8) is 0 Å². The van der Waals surface area contributed by atoms with Gasteiger partial charge < -0.3 is 15.5 Å². The first-order valence-electron chi connectivity index (χ1n) is 4.96. The topological polar surface area (TPSA) is 69.6 Å². The first-order chi connectivity index (χ1) is 8.01. The molecular formula is C11H13F2NO3. The van der Waals surface area contributed by atoms with Crippen LogP contribution in [0.25, 0.3) is 0 Å². The van der Waals surface area contributed by atoms with Crippen LogP contribution in [0.4, 0.5) is 8.78 Å². The van der Waals surface area contributed by atoms with E-state index in [2.05, 4.69) is 5.32 Å². The van der Waals surface area contributed by atoms with E-state index in [-0.39, 0.29) is 18.4 Å². The number of benzene rings is 1. The van der Waals surface area contributed by atoms with E-state index < -0.39 is 29.4 Å². The molecule has 0 heterocycles. The van der Waals surface area contributed by atoms with Crippen molar-refractivity contribution in [1.82, 2.24) is 5.32 Å². The number of aldehydes is 1. The van der Waals surface area contributed by atoms with Crippen LogP contribution in [0.2, 0.25) is 0 Å². The van der Waals surface area contributed by atoms with Crippen LogP contribution in [0.5, 0.6) is 0 Å². The maximum atomic E-state index is 13.5. The zero-order chi connectivity index (χ0) is 13.0. The molecule has 3 N–H and O–H groups in total. The summed E-state index contributed by atoms with van der Waals surface area (Å²) in [6, 6.07) is 1.40. The number of rotatable bonds is 5. The molecule has 0 amide bonds. The number of nitrogens with one attached hydrogen (secondary N) is 1. The smallest absolute Gasteiger partial charge is 0.153 e. The van der Waals surface area contributed by atoms with Crippen molar-refractivity contribution in [2.24, 2.45) is 0 Å². The molecule has 17 heavy (non-hydrogen) atoms. The van der Waals surface area contributed by atoms with Crippen molar-refractivity contribution in [3.05, 3.63) is 34.9 Å². The van der Waals surface area contributed by atoms with Gasteiger partial charge in [0.15, 0.2) is 6.29 Å². The lowest BCUT2D eigenvalue weighted by atomic mass is 10.0. The monoisotopic (exact) mass is 245 g/mol. The van der Waals surface area contributed by atoms with Gasteiger partial charge >= 0.3 is 0 Å². The highest BCUT2D eigenvalue weighted by Crippen LogP contribution is 2.22. The minimum atomic E-state index is -1.56. The molecule has 0 aromatic heterocycles. The lowest BCUT2D eigenvalue weighted by Crippen LogP contribution is -2.30. The van der Waals surface area contributed by atoms with E-state index in [1.807, 2.05) is 0 Å². The number of hydrogen-bond acceptors (Lipinski definition) is 4. The van der Waals surface area contributed by atoms with Crippen LogP contribution in [-0.4, -0.2) is 36.2 Å². The fourth-order valence-corrected chi connectivity index (χ4v) is 1.42. The van der Waals surface area contributed by atoms with Gasteiger partial charge in [-0.3, -0.25) is 4.79 Å². The van der Waals surface area contributed by atoms with Gasteiger partial charge in [-0.25, -0.2) is 8.78 Å². The van der Waals surface area contributed by atoms with Gasteiger partial charge in [0.1, 0.15) is 17.7 Å². The largest absolute Gasteiger partial charge is 0.389 e. The van der Waals surface area contributed by atoms with Crippen LogP contribution in [0, 0.1) is 11.6 Å². The summed E-state index contributed by atoms with van der Waals surface area (Å²) in [5.41, 5.74) is -0.808. The van der Waals surface area contributed by atoms with Crippen LogP contribution in [0.1, 0.15) is 22.0 Å². The molecule has 2 atom stereocenters. The summed E-state index contributed by atoms with van der Waals surface area (Å²) in [7, 11) is 1.54. The van der Waals surface area contributed by atoms with Crippen LogP contribution in [-0.2, 0) is 0 Å². The Kier molecular flexibility index (Phi) is 4.68. The van der Waals surface area contributed by atoms with Crippen molar-refractivity contribution in [2.75, 3.05) is 13.6 Å². The maximum absolute atomic E-state index is 13.5. The van der Waals surface area contributed by atoms with Gasteiger partial charge in [0, 0.05) is 12.1 Å². The fraction of sp³-hybridized carbons (Fsp3) is 0.364. The molecule has 0 spiro atoms. The zero-order valence-corrected chi connectivity index (χ0v) is 9.15. The van der Waals surface area contributed by atoms with E-state index in [0.29, 0.717) is 12.1 Å². The number of aliphatic hydroxyl groups excluding tert-OH is 2. The lowest BCUT2D eigenvalue weighted by molar-refractivity contribution is 0.0179. The minimum Gasteiger partial charge on any atom is -0.389 e. The molecular weight excluding hydrogens is 232 g/mol. The number of hydrogen-bond donors (Lipinski definition) is 3. The Morgan fingerprint density at radius 3 is 2.53 bits per heavy atom. The molecule has 94 valence electrons. The molecule has 6 heteroatoms. The first-order valence-corrected chi connectivity index (χ1v) is 4.96.